The molecule has 0 amide bonds. The van der Waals surface area contributed by atoms with Gasteiger partial charge >= 0.3 is 0 Å². The minimum Gasteiger partial charge on any atom is -0.505 e. The molecule has 2 aromatic carbocycles. The molecule has 0 heterocycles. The van der Waals surface area contributed by atoms with E-state index < -0.39 is 23.1 Å². The van der Waals surface area contributed by atoms with Crippen LogP contribution in [0.4, 0.5) is 8.78 Å². The molecule has 2 N–H and O–H groups in total. The van der Waals surface area contributed by atoms with Crippen molar-refractivity contribution in [1.82, 2.24) is 0 Å². The summed E-state index contributed by atoms with van der Waals surface area (Å²) in [7, 11) is 0. The van der Waals surface area contributed by atoms with Crippen LogP contribution in [0.15, 0.2) is 36.4 Å². The molecule has 19 heavy (non-hydrogen) atoms. The largest absolute Gasteiger partial charge is 0.505 e. The van der Waals surface area contributed by atoms with E-state index in [9.17, 15) is 19.0 Å². The van der Waals surface area contributed by atoms with Crippen LogP contribution in [-0.4, -0.2) is 10.2 Å². The highest BCUT2D eigenvalue weighted by Crippen LogP contribution is 2.32. The van der Waals surface area contributed by atoms with Crippen LogP contribution in [0.2, 0.25) is 0 Å². The lowest BCUT2D eigenvalue weighted by atomic mass is 9.89. The molecule has 0 radical (unpaired) electrons. The molecule has 0 saturated carbocycles. The van der Waals surface area contributed by atoms with Gasteiger partial charge in [-0.25, -0.2) is 8.78 Å². The summed E-state index contributed by atoms with van der Waals surface area (Å²) >= 11 is 0. The zero-order chi connectivity index (χ0) is 14.0. The maximum absolute atomic E-state index is 13.4. The second-order valence-corrected chi connectivity index (χ2v) is 4.38. The molecule has 0 unspecified atom stereocenters. The molecule has 2 rings (SSSR count). The SMILES string of the molecule is CCC(c1ccc(O)c(F)c1)c1ccc(O)c(F)c1. The lowest BCUT2D eigenvalue weighted by Crippen LogP contribution is -2.01. The van der Waals surface area contributed by atoms with E-state index in [1.54, 1.807) is 12.1 Å². The number of rotatable bonds is 3. The number of hydrogen-bond acceptors (Lipinski definition) is 2. The summed E-state index contributed by atoms with van der Waals surface area (Å²) in [5.74, 6) is -2.40. The van der Waals surface area contributed by atoms with Gasteiger partial charge in [-0.2, -0.15) is 0 Å². The maximum atomic E-state index is 13.4. The van der Waals surface area contributed by atoms with E-state index in [0.29, 0.717) is 17.5 Å². The van der Waals surface area contributed by atoms with Crippen molar-refractivity contribution in [3.8, 4) is 11.5 Å². The average Bonchev–Trinajstić information content (AvgIpc) is 2.39. The van der Waals surface area contributed by atoms with Crippen LogP contribution >= 0.6 is 0 Å². The summed E-state index contributed by atoms with van der Waals surface area (Å²) in [5, 5.41) is 18.4. The normalized spacial score (nSPS) is 10.9. The lowest BCUT2D eigenvalue weighted by molar-refractivity contribution is 0.430. The first kappa shape index (κ1) is 13.3. The van der Waals surface area contributed by atoms with E-state index >= 15 is 0 Å². The van der Waals surface area contributed by atoms with Crippen LogP contribution in [0.25, 0.3) is 0 Å². The molecule has 0 aliphatic carbocycles. The molecule has 4 heteroatoms. The summed E-state index contributed by atoms with van der Waals surface area (Å²) in [4.78, 5) is 0. The van der Waals surface area contributed by atoms with E-state index in [-0.39, 0.29) is 5.92 Å². The summed E-state index contributed by atoms with van der Waals surface area (Å²) in [6.07, 6.45) is 0.647. The van der Waals surface area contributed by atoms with Crippen molar-refractivity contribution >= 4 is 0 Å². The van der Waals surface area contributed by atoms with E-state index in [1.807, 2.05) is 6.92 Å². The molecule has 0 aliphatic rings. The van der Waals surface area contributed by atoms with E-state index in [0.717, 1.165) is 0 Å². The Hall–Kier alpha value is -2.10. The van der Waals surface area contributed by atoms with Gasteiger partial charge in [-0.15, -0.1) is 0 Å². The summed E-state index contributed by atoms with van der Waals surface area (Å²) in [6, 6.07) is 8.27. The van der Waals surface area contributed by atoms with Gasteiger partial charge in [0.25, 0.3) is 0 Å². The van der Waals surface area contributed by atoms with Crippen molar-refractivity contribution in [2.45, 2.75) is 19.3 Å². The first-order chi connectivity index (χ1) is 9.02. The molecule has 0 aromatic heterocycles. The summed E-state index contributed by atoms with van der Waals surface area (Å²) in [5.41, 5.74) is 1.31. The van der Waals surface area contributed by atoms with Gasteiger partial charge in [0.2, 0.25) is 0 Å². The Morgan fingerprint density at radius 3 is 1.63 bits per heavy atom. The lowest BCUT2D eigenvalue weighted by Gasteiger charge is -2.16. The van der Waals surface area contributed by atoms with Gasteiger partial charge in [0.05, 0.1) is 0 Å². The first-order valence-electron chi connectivity index (χ1n) is 5.99. The van der Waals surface area contributed by atoms with Gasteiger partial charge in [0, 0.05) is 5.92 Å². The summed E-state index contributed by atoms with van der Waals surface area (Å²) in [6.45, 7) is 1.90. The molecule has 0 aliphatic heterocycles. The molecular formula is C15H14F2O2. The fourth-order valence-electron chi connectivity index (χ4n) is 2.14. The predicted octanol–water partition coefficient (Wildman–Crippen LogP) is 3.92. The quantitative estimate of drug-likeness (QED) is 0.882. The van der Waals surface area contributed by atoms with Crippen LogP contribution in [0.5, 0.6) is 11.5 Å². The standard InChI is InChI=1S/C15H14F2O2/c1-2-11(9-3-5-14(18)12(16)7-9)10-4-6-15(19)13(17)8-10/h3-8,11,18-19H,2H2,1H3. The molecular weight excluding hydrogens is 250 g/mol. The first-order valence-corrected chi connectivity index (χ1v) is 5.99. The topological polar surface area (TPSA) is 40.5 Å². The number of halogens is 2. The van der Waals surface area contributed by atoms with Crippen LogP contribution in [0.3, 0.4) is 0 Å². The van der Waals surface area contributed by atoms with E-state index in [1.165, 1.54) is 24.3 Å². The zero-order valence-corrected chi connectivity index (χ0v) is 10.4. The highest BCUT2D eigenvalue weighted by Gasteiger charge is 2.15. The minimum atomic E-state index is -0.699. The Balaban J connectivity index is 2.43. The van der Waals surface area contributed by atoms with E-state index in [2.05, 4.69) is 0 Å². The Kier molecular flexibility index (Phi) is 3.69. The highest BCUT2D eigenvalue weighted by atomic mass is 19.1. The Labute approximate surface area is 110 Å². The number of hydrogen-bond donors (Lipinski definition) is 2. The highest BCUT2D eigenvalue weighted by molar-refractivity contribution is 5.38. The van der Waals surface area contributed by atoms with Crippen molar-refractivity contribution in [2.75, 3.05) is 0 Å². The van der Waals surface area contributed by atoms with Crippen molar-refractivity contribution in [2.24, 2.45) is 0 Å². The van der Waals surface area contributed by atoms with Crippen molar-refractivity contribution < 1.29 is 19.0 Å². The maximum Gasteiger partial charge on any atom is 0.165 e. The molecule has 100 valence electrons. The third kappa shape index (κ3) is 2.67. The smallest absolute Gasteiger partial charge is 0.165 e. The second kappa shape index (κ2) is 5.26. The molecule has 2 nitrogen and oxygen atoms in total. The van der Waals surface area contributed by atoms with Gasteiger partial charge in [-0.3, -0.25) is 0 Å². The zero-order valence-electron chi connectivity index (χ0n) is 10.4. The number of phenolic OH excluding ortho intramolecular Hbond substituents is 2. The van der Waals surface area contributed by atoms with Gasteiger partial charge in [0.1, 0.15) is 0 Å². The minimum absolute atomic E-state index is 0.190. The average molecular weight is 264 g/mol. The Morgan fingerprint density at radius 1 is 0.895 bits per heavy atom. The van der Waals surface area contributed by atoms with Crippen molar-refractivity contribution in [1.29, 1.82) is 0 Å². The predicted molar refractivity (Wildman–Crippen MR) is 68.3 cm³/mol. The third-order valence-corrected chi connectivity index (χ3v) is 3.16. The summed E-state index contributed by atoms with van der Waals surface area (Å²) < 4.78 is 26.7. The monoisotopic (exact) mass is 264 g/mol. The number of benzene rings is 2. The molecule has 0 spiro atoms. The van der Waals surface area contributed by atoms with Gasteiger partial charge < -0.3 is 10.2 Å². The van der Waals surface area contributed by atoms with Crippen molar-refractivity contribution in [3.63, 3.8) is 0 Å². The van der Waals surface area contributed by atoms with Gasteiger partial charge in [-0.05, 0) is 41.8 Å². The number of phenols is 2. The molecule has 0 atom stereocenters. The van der Waals surface area contributed by atoms with Gasteiger partial charge in [0.15, 0.2) is 23.1 Å². The fraction of sp³-hybridized carbons (Fsp3) is 0.200. The van der Waals surface area contributed by atoms with Crippen LogP contribution in [0, 0.1) is 11.6 Å². The Morgan fingerprint density at radius 2 is 1.32 bits per heavy atom. The van der Waals surface area contributed by atoms with Crippen molar-refractivity contribution in [3.05, 3.63) is 59.2 Å². The number of aromatic hydroxyl groups is 2. The molecule has 2 aromatic rings. The van der Waals surface area contributed by atoms with Crippen LogP contribution in [0.1, 0.15) is 30.4 Å². The second-order valence-electron chi connectivity index (χ2n) is 4.38. The molecule has 0 bridgehead atoms. The Bertz CT molecular complexity index is 545. The van der Waals surface area contributed by atoms with Crippen LogP contribution < -0.4 is 0 Å². The molecule has 0 fully saturated rings. The molecule has 0 saturated heterocycles. The fourth-order valence-corrected chi connectivity index (χ4v) is 2.14. The van der Waals surface area contributed by atoms with Gasteiger partial charge in [-0.1, -0.05) is 19.1 Å². The van der Waals surface area contributed by atoms with Crippen LogP contribution in [-0.2, 0) is 0 Å². The van der Waals surface area contributed by atoms with E-state index in [4.69, 9.17) is 0 Å². The third-order valence-electron chi connectivity index (χ3n) is 3.16.